The molecule has 1 aliphatic rings. The smallest absolute Gasteiger partial charge is 0.260 e. The third-order valence-corrected chi connectivity index (χ3v) is 6.63. The van der Waals surface area contributed by atoms with Crippen molar-refractivity contribution in [3.63, 3.8) is 0 Å². The maximum absolute atomic E-state index is 13.5. The first-order valence-electron chi connectivity index (χ1n) is 12.3. The minimum atomic E-state index is -0.142. The lowest BCUT2D eigenvalue weighted by Gasteiger charge is -2.33. The van der Waals surface area contributed by atoms with Gasteiger partial charge in [-0.2, -0.15) is 4.98 Å². The Balaban J connectivity index is 1.49. The molecule has 0 spiro atoms. The van der Waals surface area contributed by atoms with E-state index in [1.807, 2.05) is 37.3 Å². The average molecular weight is 502 g/mol. The van der Waals surface area contributed by atoms with E-state index in [1.165, 1.54) is 0 Å². The number of fused-ring (bicyclic) bond motifs is 1. The zero-order valence-electron chi connectivity index (χ0n) is 21.6. The third-order valence-electron chi connectivity index (χ3n) is 6.63. The van der Waals surface area contributed by atoms with Crippen LogP contribution in [-0.2, 0) is 6.54 Å². The normalized spacial score (nSPS) is 14.1. The number of aryl methyl sites for hydroxylation is 1. The molecular formula is C27H31N7O3. The highest BCUT2D eigenvalue weighted by atomic mass is 16.5. The molecule has 0 aliphatic carbocycles. The van der Waals surface area contributed by atoms with Crippen LogP contribution in [0, 0.1) is 0 Å². The largest absolute Gasteiger partial charge is 0.497 e. The highest BCUT2D eigenvalue weighted by molar-refractivity contribution is 5.82. The number of nitrogens with one attached hydrogen (secondary N) is 1. The average Bonchev–Trinajstić information content (AvgIpc) is 2.93. The fourth-order valence-corrected chi connectivity index (χ4v) is 4.52. The fourth-order valence-electron chi connectivity index (χ4n) is 4.52. The molecule has 0 bridgehead atoms. The predicted octanol–water partition coefficient (Wildman–Crippen LogP) is 3.39. The van der Waals surface area contributed by atoms with E-state index in [4.69, 9.17) is 14.5 Å². The zero-order chi connectivity index (χ0) is 25.9. The molecule has 0 amide bonds. The van der Waals surface area contributed by atoms with E-state index in [0.717, 1.165) is 43.1 Å². The SMILES string of the molecule is CCn1c(=O)c(-c2cc(OC)cc(OC)c2)cc2cnc(Nc3ccnc(N4CCN(C)CC4)c3)nc21. The molecule has 0 atom stereocenters. The number of pyridine rings is 2. The van der Waals surface area contributed by atoms with Crippen LogP contribution in [0.25, 0.3) is 22.2 Å². The second-order valence-corrected chi connectivity index (χ2v) is 9.00. The van der Waals surface area contributed by atoms with Gasteiger partial charge in [0.25, 0.3) is 5.56 Å². The summed E-state index contributed by atoms with van der Waals surface area (Å²) in [4.78, 5) is 31.9. The summed E-state index contributed by atoms with van der Waals surface area (Å²) in [7, 11) is 5.30. The van der Waals surface area contributed by atoms with Crippen molar-refractivity contribution in [2.24, 2.45) is 0 Å². The standard InChI is InChI=1S/C27H31N7O3/c1-5-34-25-19(14-23(26(34)35)18-12-21(36-3)16-22(13-18)37-4)17-29-27(31-25)30-20-6-7-28-24(15-20)33-10-8-32(2)9-11-33/h6-7,12-17H,5,8-11H2,1-4H3,(H,28,29,30,31). The summed E-state index contributed by atoms with van der Waals surface area (Å²) in [6, 6.07) is 11.1. The van der Waals surface area contributed by atoms with Gasteiger partial charge in [0.15, 0.2) is 0 Å². The Morgan fingerprint density at radius 3 is 2.38 bits per heavy atom. The second kappa shape index (κ2) is 10.4. The van der Waals surface area contributed by atoms with Crippen molar-refractivity contribution in [2.75, 3.05) is 57.7 Å². The Bertz CT molecular complexity index is 1460. The molecule has 5 rings (SSSR count). The highest BCUT2D eigenvalue weighted by Crippen LogP contribution is 2.30. The van der Waals surface area contributed by atoms with Crippen molar-refractivity contribution in [1.82, 2.24) is 24.4 Å². The van der Waals surface area contributed by atoms with Crippen LogP contribution in [0.15, 0.2) is 53.6 Å². The summed E-state index contributed by atoms with van der Waals surface area (Å²) in [5.41, 5.74) is 2.50. The van der Waals surface area contributed by atoms with Gasteiger partial charge in [-0.25, -0.2) is 9.97 Å². The first kappa shape index (κ1) is 24.5. The van der Waals surface area contributed by atoms with Crippen LogP contribution in [0.1, 0.15) is 6.92 Å². The van der Waals surface area contributed by atoms with Gasteiger partial charge < -0.3 is 24.6 Å². The Hall–Kier alpha value is -4.18. The van der Waals surface area contributed by atoms with Gasteiger partial charge in [0, 0.05) is 73.9 Å². The van der Waals surface area contributed by atoms with Gasteiger partial charge in [-0.05, 0) is 43.8 Å². The number of hydrogen-bond acceptors (Lipinski definition) is 9. The van der Waals surface area contributed by atoms with Gasteiger partial charge in [-0.15, -0.1) is 0 Å². The number of rotatable bonds is 7. The van der Waals surface area contributed by atoms with Crippen LogP contribution in [-0.4, -0.2) is 71.9 Å². The molecule has 0 unspecified atom stereocenters. The Kier molecular flexibility index (Phi) is 6.91. The number of nitrogens with zero attached hydrogens (tertiary/aromatic N) is 6. The van der Waals surface area contributed by atoms with Gasteiger partial charge in [0.05, 0.1) is 14.2 Å². The monoisotopic (exact) mass is 501 g/mol. The number of anilines is 3. The van der Waals surface area contributed by atoms with Crippen molar-refractivity contribution < 1.29 is 9.47 Å². The highest BCUT2D eigenvalue weighted by Gasteiger charge is 2.17. The minimum absolute atomic E-state index is 0.142. The van der Waals surface area contributed by atoms with E-state index in [0.29, 0.717) is 40.8 Å². The Morgan fingerprint density at radius 1 is 0.973 bits per heavy atom. The number of ether oxygens (including phenoxy) is 2. The maximum Gasteiger partial charge on any atom is 0.260 e. The molecular weight excluding hydrogens is 470 g/mol. The molecule has 3 aromatic heterocycles. The van der Waals surface area contributed by atoms with Crippen molar-refractivity contribution in [2.45, 2.75) is 13.5 Å². The summed E-state index contributed by atoms with van der Waals surface area (Å²) < 4.78 is 12.4. The summed E-state index contributed by atoms with van der Waals surface area (Å²) in [5, 5.41) is 4.04. The summed E-state index contributed by atoms with van der Waals surface area (Å²) in [5.74, 6) is 2.56. The number of benzene rings is 1. The lowest BCUT2D eigenvalue weighted by atomic mass is 10.1. The molecule has 10 nitrogen and oxygen atoms in total. The molecule has 1 fully saturated rings. The van der Waals surface area contributed by atoms with Crippen LogP contribution >= 0.6 is 0 Å². The maximum atomic E-state index is 13.5. The number of piperazine rings is 1. The third kappa shape index (κ3) is 5.05. The predicted molar refractivity (Wildman–Crippen MR) is 145 cm³/mol. The first-order valence-corrected chi connectivity index (χ1v) is 12.3. The molecule has 37 heavy (non-hydrogen) atoms. The molecule has 1 aromatic carbocycles. The second-order valence-electron chi connectivity index (χ2n) is 9.00. The molecule has 4 heterocycles. The molecule has 1 N–H and O–H groups in total. The van der Waals surface area contributed by atoms with E-state index >= 15 is 0 Å². The van der Waals surface area contributed by atoms with E-state index in [9.17, 15) is 4.79 Å². The molecule has 1 aliphatic heterocycles. The van der Waals surface area contributed by atoms with Crippen LogP contribution in [0.2, 0.25) is 0 Å². The zero-order valence-corrected chi connectivity index (χ0v) is 21.6. The number of aromatic nitrogens is 4. The van der Waals surface area contributed by atoms with Gasteiger partial charge in [0.2, 0.25) is 5.95 Å². The topological polar surface area (TPSA) is 97.6 Å². The van der Waals surface area contributed by atoms with Crippen LogP contribution in [0.4, 0.5) is 17.5 Å². The van der Waals surface area contributed by atoms with Gasteiger partial charge in [0.1, 0.15) is 23.0 Å². The Morgan fingerprint density at radius 2 is 1.70 bits per heavy atom. The van der Waals surface area contributed by atoms with Crippen molar-refractivity contribution in [3.05, 3.63) is 59.1 Å². The van der Waals surface area contributed by atoms with Crippen LogP contribution in [0.5, 0.6) is 11.5 Å². The molecule has 0 saturated carbocycles. The Labute approximate surface area is 215 Å². The van der Waals surface area contributed by atoms with Crippen LogP contribution in [0.3, 0.4) is 0 Å². The van der Waals surface area contributed by atoms with Crippen molar-refractivity contribution in [3.8, 4) is 22.6 Å². The van der Waals surface area contributed by atoms with E-state index in [1.54, 1.807) is 37.2 Å². The molecule has 192 valence electrons. The summed E-state index contributed by atoms with van der Waals surface area (Å²) in [6.07, 6.45) is 3.52. The lowest BCUT2D eigenvalue weighted by molar-refractivity contribution is 0.312. The van der Waals surface area contributed by atoms with E-state index < -0.39 is 0 Å². The fraction of sp³-hybridized carbons (Fsp3) is 0.333. The van der Waals surface area contributed by atoms with Crippen molar-refractivity contribution in [1.29, 1.82) is 0 Å². The summed E-state index contributed by atoms with van der Waals surface area (Å²) >= 11 is 0. The summed E-state index contributed by atoms with van der Waals surface area (Å²) in [6.45, 7) is 6.27. The number of methoxy groups -OCH3 is 2. The molecule has 0 radical (unpaired) electrons. The van der Waals surface area contributed by atoms with E-state index in [-0.39, 0.29) is 5.56 Å². The first-order chi connectivity index (χ1) is 18.0. The van der Waals surface area contributed by atoms with Crippen molar-refractivity contribution >= 4 is 28.5 Å². The molecule has 1 saturated heterocycles. The number of hydrogen-bond donors (Lipinski definition) is 1. The van der Waals surface area contributed by atoms with Gasteiger partial charge >= 0.3 is 0 Å². The van der Waals surface area contributed by atoms with Gasteiger partial charge in [-0.1, -0.05) is 0 Å². The molecule has 10 heteroatoms. The quantitative estimate of drug-likeness (QED) is 0.409. The molecule has 4 aromatic rings. The minimum Gasteiger partial charge on any atom is -0.497 e. The lowest BCUT2D eigenvalue weighted by Crippen LogP contribution is -2.44. The van der Waals surface area contributed by atoms with Crippen LogP contribution < -0.4 is 25.2 Å². The number of likely N-dealkylation sites (N-methyl/N-ethyl adjacent to an activating group) is 1. The van der Waals surface area contributed by atoms with E-state index in [2.05, 4.69) is 32.1 Å². The van der Waals surface area contributed by atoms with Gasteiger partial charge in [-0.3, -0.25) is 9.36 Å².